The van der Waals surface area contributed by atoms with Gasteiger partial charge in [0.05, 0.1) is 0 Å². The highest BCUT2D eigenvalue weighted by molar-refractivity contribution is 5.93. The molecule has 2 aliphatic rings. The number of imide groups is 1. The van der Waals surface area contributed by atoms with Gasteiger partial charge in [0.15, 0.2) is 0 Å². The van der Waals surface area contributed by atoms with Gasteiger partial charge in [0, 0.05) is 32.1 Å². The zero-order valence-corrected chi connectivity index (χ0v) is 11.8. The first kappa shape index (κ1) is 16.2. The molecule has 5 N–H and O–H groups in total. The lowest BCUT2D eigenvalue weighted by atomic mass is 9.78. The maximum atomic E-state index is 11.3. The van der Waals surface area contributed by atoms with Gasteiger partial charge < -0.3 is 16.4 Å². The Morgan fingerprint density at radius 1 is 1.26 bits per heavy atom. The number of rotatable bonds is 3. The summed E-state index contributed by atoms with van der Waals surface area (Å²) >= 11 is 0. The number of carbonyl (C=O) groups is 2. The molecular formula is C12H23ClN4O2. The van der Waals surface area contributed by atoms with Crippen LogP contribution in [-0.4, -0.2) is 42.5 Å². The molecule has 19 heavy (non-hydrogen) atoms. The van der Waals surface area contributed by atoms with Crippen molar-refractivity contribution in [3.8, 4) is 0 Å². The van der Waals surface area contributed by atoms with Crippen molar-refractivity contribution in [2.24, 2.45) is 23.3 Å². The number of halogens is 1. The Kier molecular flexibility index (Phi) is 6.03. The average molecular weight is 291 g/mol. The number of amides is 3. The Labute approximate surface area is 119 Å². The van der Waals surface area contributed by atoms with Crippen LogP contribution >= 0.6 is 12.4 Å². The molecule has 3 unspecified atom stereocenters. The number of fused-ring (bicyclic) bond motifs is 1. The Bertz CT molecular complexity index is 340. The van der Waals surface area contributed by atoms with Gasteiger partial charge in [0.25, 0.3) is 0 Å². The van der Waals surface area contributed by atoms with Crippen LogP contribution in [0.5, 0.6) is 0 Å². The molecule has 3 amide bonds. The quantitative estimate of drug-likeness (QED) is 0.684. The molecule has 3 atom stereocenters. The summed E-state index contributed by atoms with van der Waals surface area (Å²) < 4.78 is 0. The predicted molar refractivity (Wildman–Crippen MR) is 74.8 cm³/mol. The summed E-state index contributed by atoms with van der Waals surface area (Å²) in [6.07, 6.45) is 3.91. The van der Waals surface area contributed by atoms with E-state index in [1.54, 1.807) is 0 Å². The fourth-order valence-electron chi connectivity index (χ4n) is 3.25. The first-order valence-corrected chi connectivity index (χ1v) is 6.63. The van der Waals surface area contributed by atoms with Crippen molar-refractivity contribution in [2.45, 2.75) is 31.7 Å². The largest absolute Gasteiger partial charge is 0.351 e. The van der Waals surface area contributed by atoms with Crippen LogP contribution < -0.4 is 16.8 Å². The molecule has 0 aromatic carbocycles. The molecule has 1 aliphatic heterocycles. The van der Waals surface area contributed by atoms with Crippen LogP contribution in [0.2, 0.25) is 0 Å². The van der Waals surface area contributed by atoms with Crippen molar-refractivity contribution >= 4 is 24.3 Å². The number of nitrogens with two attached hydrogens (primary N) is 2. The monoisotopic (exact) mass is 290 g/mol. The topological polar surface area (TPSA) is 101 Å². The Hall–Kier alpha value is -0.850. The highest BCUT2D eigenvalue weighted by atomic mass is 35.5. The maximum Gasteiger partial charge on any atom is 0.318 e. The molecule has 0 aromatic heterocycles. The SMILES string of the molecule is Cl.NC(=O)NC(=O)CCN1CC2CCCC(N)C2C1. The van der Waals surface area contributed by atoms with Crippen LogP contribution in [0.4, 0.5) is 4.79 Å². The van der Waals surface area contributed by atoms with Crippen molar-refractivity contribution in [3.63, 3.8) is 0 Å². The van der Waals surface area contributed by atoms with Gasteiger partial charge >= 0.3 is 6.03 Å². The summed E-state index contributed by atoms with van der Waals surface area (Å²) in [7, 11) is 0. The Morgan fingerprint density at radius 2 is 2.00 bits per heavy atom. The van der Waals surface area contributed by atoms with Crippen LogP contribution in [0.3, 0.4) is 0 Å². The highest BCUT2D eigenvalue weighted by Gasteiger charge is 2.38. The molecule has 0 aromatic rings. The fraction of sp³-hybridized carbons (Fsp3) is 0.833. The molecule has 2 fully saturated rings. The molecule has 6 nitrogen and oxygen atoms in total. The van der Waals surface area contributed by atoms with Crippen molar-refractivity contribution in [2.75, 3.05) is 19.6 Å². The van der Waals surface area contributed by atoms with Crippen LogP contribution in [0, 0.1) is 11.8 Å². The predicted octanol–water partition coefficient (Wildman–Crippen LogP) is 0.0524. The van der Waals surface area contributed by atoms with E-state index in [4.69, 9.17) is 11.5 Å². The van der Waals surface area contributed by atoms with Gasteiger partial charge in [-0.05, 0) is 24.7 Å². The first-order valence-electron chi connectivity index (χ1n) is 6.63. The summed E-state index contributed by atoms with van der Waals surface area (Å²) in [5.74, 6) is 0.965. The van der Waals surface area contributed by atoms with E-state index in [1.807, 2.05) is 0 Å². The average Bonchev–Trinajstić information content (AvgIpc) is 2.70. The van der Waals surface area contributed by atoms with Gasteiger partial charge in [0.2, 0.25) is 5.91 Å². The fourth-order valence-corrected chi connectivity index (χ4v) is 3.25. The van der Waals surface area contributed by atoms with E-state index in [-0.39, 0.29) is 18.3 Å². The molecule has 0 bridgehead atoms. The standard InChI is InChI=1S/C12H22N4O2.ClH/c13-10-3-1-2-8-6-16(7-9(8)10)5-4-11(17)15-12(14)18;/h8-10H,1-7,13H2,(H3,14,15,17,18);1H. The van der Waals surface area contributed by atoms with Crippen LogP contribution in [-0.2, 0) is 4.79 Å². The van der Waals surface area contributed by atoms with E-state index >= 15 is 0 Å². The van der Waals surface area contributed by atoms with Gasteiger partial charge in [-0.3, -0.25) is 10.1 Å². The van der Waals surface area contributed by atoms with E-state index in [1.165, 1.54) is 12.8 Å². The molecule has 0 spiro atoms. The molecular weight excluding hydrogens is 268 g/mol. The first-order chi connectivity index (χ1) is 8.56. The van der Waals surface area contributed by atoms with Crippen molar-refractivity contribution in [3.05, 3.63) is 0 Å². The minimum absolute atomic E-state index is 0. The Morgan fingerprint density at radius 3 is 2.63 bits per heavy atom. The summed E-state index contributed by atoms with van der Waals surface area (Å²) in [5, 5.41) is 2.09. The molecule has 0 radical (unpaired) electrons. The second kappa shape index (κ2) is 7.07. The number of likely N-dealkylation sites (tertiary alicyclic amines) is 1. The number of urea groups is 1. The smallest absolute Gasteiger partial charge is 0.318 e. The maximum absolute atomic E-state index is 11.3. The summed E-state index contributed by atoms with van der Waals surface area (Å²) in [6.45, 7) is 2.69. The van der Waals surface area contributed by atoms with E-state index in [9.17, 15) is 9.59 Å². The lowest BCUT2D eigenvalue weighted by Gasteiger charge is -2.29. The van der Waals surface area contributed by atoms with Crippen molar-refractivity contribution in [1.29, 1.82) is 0 Å². The van der Waals surface area contributed by atoms with E-state index in [0.717, 1.165) is 19.5 Å². The van der Waals surface area contributed by atoms with E-state index in [2.05, 4.69) is 10.2 Å². The van der Waals surface area contributed by atoms with Gasteiger partial charge in [0.1, 0.15) is 0 Å². The van der Waals surface area contributed by atoms with E-state index in [0.29, 0.717) is 30.8 Å². The third-order valence-electron chi connectivity index (χ3n) is 4.15. The minimum atomic E-state index is -0.780. The number of nitrogens with zero attached hydrogens (tertiary/aromatic N) is 1. The molecule has 1 aliphatic carbocycles. The molecule has 7 heteroatoms. The molecule has 110 valence electrons. The van der Waals surface area contributed by atoms with Gasteiger partial charge in [-0.2, -0.15) is 0 Å². The second-order valence-electron chi connectivity index (χ2n) is 5.44. The van der Waals surface area contributed by atoms with Gasteiger partial charge in [-0.15, -0.1) is 12.4 Å². The van der Waals surface area contributed by atoms with Crippen LogP contribution in [0.25, 0.3) is 0 Å². The molecule has 1 saturated carbocycles. The van der Waals surface area contributed by atoms with Crippen LogP contribution in [0.1, 0.15) is 25.7 Å². The van der Waals surface area contributed by atoms with Crippen molar-refractivity contribution < 1.29 is 9.59 Å². The van der Waals surface area contributed by atoms with Gasteiger partial charge in [-0.1, -0.05) is 6.42 Å². The third kappa shape index (κ3) is 4.33. The zero-order chi connectivity index (χ0) is 13.1. The normalized spacial score (nSPS) is 30.3. The lowest BCUT2D eigenvalue weighted by molar-refractivity contribution is -0.120. The number of hydrogen-bond acceptors (Lipinski definition) is 4. The lowest BCUT2D eigenvalue weighted by Crippen LogP contribution is -2.38. The molecule has 1 heterocycles. The summed E-state index contributed by atoms with van der Waals surface area (Å²) in [4.78, 5) is 24.1. The summed E-state index contributed by atoms with van der Waals surface area (Å²) in [5.41, 5.74) is 11.0. The number of primary amides is 1. The molecule has 2 rings (SSSR count). The third-order valence-corrected chi connectivity index (χ3v) is 4.15. The van der Waals surface area contributed by atoms with Gasteiger partial charge in [-0.25, -0.2) is 4.79 Å². The highest BCUT2D eigenvalue weighted by Crippen LogP contribution is 2.35. The van der Waals surface area contributed by atoms with Crippen molar-refractivity contribution in [1.82, 2.24) is 10.2 Å². The van der Waals surface area contributed by atoms with Crippen LogP contribution in [0.15, 0.2) is 0 Å². The zero-order valence-electron chi connectivity index (χ0n) is 11.0. The number of carbonyl (C=O) groups excluding carboxylic acids is 2. The second-order valence-corrected chi connectivity index (χ2v) is 5.44. The van der Waals surface area contributed by atoms with E-state index < -0.39 is 6.03 Å². The Balaban J connectivity index is 0.00000180. The number of hydrogen-bond donors (Lipinski definition) is 3. The molecule has 1 saturated heterocycles. The minimum Gasteiger partial charge on any atom is -0.351 e. The summed E-state index contributed by atoms with van der Waals surface area (Å²) in [6, 6.07) is -0.467. The number of nitrogens with one attached hydrogen (secondary N) is 1.